The zero-order chi connectivity index (χ0) is 19.8. The molecule has 3 aromatic rings. The van der Waals surface area contributed by atoms with E-state index >= 15 is 0 Å². The van der Waals surface area contributed by atoms with Gasteiger partial charge in [0.2, 0.25) is 0 Å². The Balaban J connectivity index is 1.82. The van der Waals surface area contributed by atoms with Gasteiger partial charge in [-0.3, -0.25) is 9.48 Å². The van der Waals surface area contributed by atoms with Gasteiger partial charge in [0, 0.05) is 25.1 Å². The lowest BCUT2D eigenvalue weighted by atomic mass is 10.1. The first-order valence-electron chi connectivity index (χ1n) is 8.02. The average molecular weight is 441 g/mol. The monoisotopic (exact) mass is 440 g/mol. The van der Waals surface area contributed by atoms with E-state index in [4.69, 9.17) is 0 Å². The molecule has 0 aliphatic heterocycles. The second kappa shape index (κ2) is 7.22. The van der Waals surface area contributed by atoms with Crippen LogP contribution in [0.3, 0.4) is 0 Å². The molecule has 1 aromatic carbocycles. The van der Waals surface area contributed by atoms with E-state index in [0.717, 1.165) is 18.3 Å². The fourth-order valence-electron chi connectivity index (χ4n) is 2.76. The fraction of sp³-hybridized carbons (Fsp3) is 0.222. The van der Waals surface area contributed by atoms with E-state index in [9.17, 15) is 18.0 Å². The van der Waals surface area contributed by atoms with Gasteiger partial charge in [0.05, 0.1) is 10.5 Å². The molecule has 0 aliphatic rings. The van der Waals surface area contributed by atoms with Crippen LogP contribution in [0.5, 0.6) is 0 Å². The number of alkyl halides is 3. The number of benzene rings is 1. The Morgan fingerprint density at radius 2 is 1.89 bits per heavy atom. The standard InChI is InChI=1S/C18H16BrF3N4O/c1-11(12-6-5-7-13(10-12)26-8-3-4-9-26)23-17(27)15-14(19)16(18(20,21)22)25(2)24-15/h3-11H,1-2H3,(H,23,27). The largest absolute Gasteiger partial charge is 0.434 e. The molecule has 1 N–H and O–H groups in total. The molecular formula is C18H16BrF3N4O. The number of hydrogen-bond donors (Lipinski definition) is 1. The molecule has 1 amide bonds. The summed E-state index contributed by atoms with van der Waals surface area (Å²) in [4.78, 5) is 12.5. The van der Waals surface area contributed by atoms with Crippen molar-refractivity contribution in [3.05, 3.63) is 70.2 Å². The first-order chi connectivity index (χ1) is 12.7. The van der Waals surface area contributed by atoms with Gasteiger partial charge in [0.15, 0.2) is 11.4 Å². The van der Waals surface area contributed by atoms with Crippen molar-refractivity contribution in [2.24, 2.45) is 7.05 Å². The molecule has 0 saturated carbocycles. The predicted molar refractivity (Wildman–Crippen MR) is 97.6 cm³/mol. The number of aromatic nitrogens is 3. The lowest BCUT2D eigenvalue weighted by Gasteiger charge is -2.15. The van der Waals surface area contributed by atoms with E-state index in [2.05, 4.69) is 26.3 Å². The van der Waals surface area contributed by atoms with Gasteiger partial charge in [-0.15, -0.1) is 0 Å². The fourth-order valence-corrected chi connectivity index (χ4v) is 3.50. The van der Waals surface area contributed by atoms with Gasteiger partial charge in [0.1, 0.15) is 0 Å². The Hall–Kier alpha value is -2.55. The van der Waals surface area contributed by atoms with Gasteiger partial charge in [-0.2, -0.15) is 18.3 Å². The molecule has 5 nitrogen and oxygen atoms in total. The molecule has 27 heavy (non-hydrogen) atoms. The zero-order valence-corrected chi connectivity index (χ0v) is 16.0. The van der Waals surface area contributed by atoms with E-state index in [1.54, 1.807) is 6.92 Å². The number of carbonyl (C=O) groups is 1. The summed E-state index contributed by atoms with van der Waals surface area (Å²) in [7, 11) is 1.15. The number of rotatable bonds is 4. The molecule has 1 atom stereocenters. The Bertz CT molecular complexity index is 964. The molecule has 0 aliphatic carbocycles. The third-order valence-electron chi connectivity index (χ3n) is 4.09. The van der Waals surface area contributed by atoms with Crippen molar-refractivity contribution in [3.63, 3.8) is 0 Å². The number of amides is 1. The maximum atomic E-state index is 13.1. The molecule has 1 unspecified atom stereocenters. The summed E-state index contributed by atoms with van der Waals surface area (Å²) in [6.07, 6.45) is -0.826. The first-order valence-corrected chi connectivity index (χ1v) is 8.81. The van der Waals surface area contributed by atoms with Crippen LogP contribution in [-0.4, -0.2) is 20.3 Å². The first kappa shape index (κ1) is 19.2. The molecule has 2 aromatic heterocycles. The minimum atomic E-state index is -4.62. The van der Waals surface area contributed by atoms with Gasteiger partial charge in [-0.05, 0) is 52.7 Å². The highest BCUT2D eigenvalue weighted by atomic mass is 79.9. The van der Waals surface area contributed by atoms with Crippen molar-refractivity contribution in [1.29, 1.82) is 0 Å². The Kier molecular flexibility index (Phi) is 5.14. The summed E-state index contributed by atoms with van der Waals surface area (Å²) >= 11 is 2.85. The molecule has 0 bridgehead atoms. The molecule has 0 fully saturated rings. The molecule has 142 valence electrons. The van der Waals surface area contributed by atoms with Gasteiger partial charge in [0.25, 0.3) is 5.91 Å². The summed E-state index contributed by atoms with van der Waals surface area (Å²) in [5.41, 5.74) is 0.419. The number of nitrogens with one attached hydrogen (secondary N) is 1. The minimum absolute atomic E-state index is 0.307. The minimum Gasteiger partial charge on any atom is -0.344 e. The summed E-state index contributed by atoms with van der Waals surface area (Å²) in [6.45, 7) is 1.76. The van der Waals surface area contributed by atoms with Crippen molar-refractivity contribution in [2.45, 2.75) is 19.1 Å². The van der Waals surface area contributed by atoms with E-state index < -0.39 is 23.8 Å². The number of aryl methyl sites for hydroxylation is 1. The predicted octanol–water partition coefficient (Wildman–Crippen LogP) is 4.48. The molecule has 0 spiro atoms. The van der Waals surface area contributed by atoms with Crippen LogP contribution in [0.25, 0.3) is 5.69 Å². The summed E-state index contributed by atoms with van der Waals surface area (Å²) in [5.74, 6) is -0.688. The van der Waals surface area contributed by atoms with Crippen molar-refractivity contribution >= 4 is 21.8 Å². The molecule has 2 heterocycles. The Morgan fingerprint density at radius 1 is 1.22 bits per heavy atom. The van der Waals surface area contributed by atoms with E-state index in [0.29, 0.717) is 4.68 Å². The summed E-state index contributed by atoms with van der Waals surface area (Å²) in [5, 5.41) is 6.41. The average Bonchev–Trinajstić information content (AvgIpc) is 3.22. The zero-order valence-electron chi connectivity index (χ0n) is 14.5. The molecule has 0 saturated heterocycles. The quantitative estimate of drug-likeness (QED) is 0.649. The van der Waals surface area contributed by atoms with Crippen molar-refractivity contribution in [2.75, 3.05) is 0 Å². The van der Waals surface area contributed by atoms with E-state index in [1.165, 1.54) is 0 Å². The maximum Gasteiger partial charge on any atom is 0.434 e. The highest BCUT2D eigenvalue weighted by molar-refractivity contribution is 9.10. The van der Waals surface area contributed by atoms with Gasteiger partial charge in [-0.25, -0.2) is 0 Å². The van der Waals surface area contributed by atoms with Crippen LogP contribution in [0, 0.1) is 0 Å². The van der Waals surface area contributed by atoms with Crippen LogP contribution < -0.4 is 5.32 Å². The van der Waals surface area contributed by atoms with Crippen LogP contribution in [-0.2, 0) is 13.2 Å². The number of carbonyl (C=O) groups excluding carboxylic acids is 1. The Labute approximate surface area is 161 Å². The SMILES string of the molecule is CC(NC(=O)c1nn(C)c(C(F)(F)F)c1Br)c1cccc(-n2cccc2)c1. The summed E-state index contributed by atoms with van der Waals surface area (Å²) < 4.78 is 41.4. The van der Waals surface area contributed by atoms with Gasteiger partial charge >= 0.3 is 6.18 Å². The second-order valence-electron chi connectivity index (χ2n) is 6.01. The van der Waals surface area contributed by atoms with Crippen LogP contribution >= 0.6 is 15.9 Å². The van der Waals surface area contributed by atoms with Gasteiger partial charge in [-0.1, -0.05) is 12.1 Å². The normalized spacial score (nSPS) is 12.8. The highest BCUT2D eigenvalue weighted by Gasteiger charge is 2.39. The van der Waals surface area contributed by atoms with Crippen LogP contribution in [0.15, 0.2) is 53.3 Å². The van der Waals surface area contributed by atoms with Crippen molar-refractivity contribution in [1.82, 2.24) is 19.7 Å². The highest BCUT2D eigenvalue weighted by Crippen LogP contribution is 2.36. The Morgan fingerprint density at radius 3 is 2.48 bits per heavy atom. The van der Waals surface area contributed by atoms with E-state index in [-0.39, 0.29) is 10.2 Å². The summed E-state index contributed by atoms with van der Waals surface area (Å²) in [6, 6.07) is 10.9. The van der Waals surface area contributed by atoms with Gasteiger partial charge < -0.3 is 9.88 Å². The second-order valence-corrected chi connectivity index (χ2v) is 6.81. The third kappa shape index (κ3) is 3.92. The maximum absolute atomic E-state index is 13.1. The number of halogens is 4. The van der Waals surface area contributed by atoms with Crippen molar-refractivity contribution < 1.29 is 18.0 Å². The van der Waals surface area contributed by atoms with Crippen molar-refractivity contribution in [3.8, 4) is 5.69 Å². The molecular weight excluding hydrogens is 425 g/mol. The number of hydrogen-bond acceptors (Lipinski definition) is 2. The third-order valence-corrected chi connectivity index (χ3v) is 4.84. The smallest absolute Gasteiger partial charge is 0.344 e. The van der Waals surface area contributed by atoms with Crippen LogP contribution in [0.2, 0.25) is 0 Å². The van der Waals surface area contributed by atoms with Crippen LogP contribution in [0.4, 0.5) is 13.2 Å². The van der Waals surface area contributed by atoms with E-state index in [1.807, 2.05) is 53.4 Å². The number of nitrogens with zero attached hydrogens (tertiary/aromatic N) is 3. The topological polar surface area (TPSA) is 51.9 Å². The van der Waals surface area contributed by atoms with Crippen LogP contribution in [0.1, 0.15) is 34.7 Å². The molecule has 9 heteroatoms. The molecule has 3 rings (SSSR count). The lowest BCUT2D eigenvalue weighted by Crippen LogP contribution is -2.27. The molecule has 0 radical (unpaired) electrons. The lowest BCUT2D eigenvalue weighted by molar-refractivity contribution is -0.144.